The van der Waals surface area contributed by atoms with Gasteiger partial charge in [-0.05, 0) is 18.9 Å². The Kier molecular flexibility index (Phi) is 3.13. The van der Waals surface area contributed by atoms with Gasteiger partial charge in [-0.3, -0.25) is 9.69 Å². The van der Waals surface area contributed by atoms with E-state index in [9.17, 15) is 14.0 Å². The molecule has 1 aromatic rings. The lowest BCUT2D eigenvalue weighted by Gasteiger charge is -2.20. The average Bonchev–Trinajstić information content (AvgIpc) is 3.02. The van der Waals surface area contributed by atoms with Gasteiger partial charge in [-0.15, -0.1) is 0 Å². The van der Waals surface area contributed by atoms with Crippen LogP contribution in [0, 0.1) is 17.1 Å². The molecule has 0 bridgehead atoms. The lowest BCUT2D eigenvalue weighted by molar-refractivity contribution is -0.131. The van der Waals surface area contributed by atoms with Crippen LogP contribution >= 0.6 is 0 Å². The second-order valence-electron chi connectivity index (χ2n) is 5.50. The smallest absolute Gasteiger partial charge is 0.323 e. The van der Waals surface area contributed by atoms with E-state index in [1.54, 1.807) is 12.1 Å². The summed E-state index contributed by atoms with van der Waals surface area (Å²) in [5, 5.41) is 11.6. The Morgan fingerprint density at radius 1 is 1.33 bits per heavy atom. The Bertz CT molecular complexity index is 659. The van der Waals surface area contributed by atoms with Crippen LogP contribution in [0.15, 0.2) is 18.2 Å². The molecule has 1 saturated carbocycles. The van der Waals surface area contributed by atoms with Crippen molar-refractivity contribution in [2.24, 2.45) is 0 Å². The Morgan fingerprint density at radius 3 is 2.71 bits per heavy atom. The fraction of sp³-hybridized carbons (Fsp3) is 0.400. The number of nitrogens with one attached hydrogen (secondary N) is 1. The Hall–Kier alpha value is -2.42. The fourth-order valence-electron chi connectivity index (χ4n) is 3.10. The first kappa shape index (κ1) is 13.6. The number of carbonyl (C=O) groups excluding carboxylic acids is 2. The zero-order valence-electron chi connectivity index (χ0n) is 11.4. The Morgan fingerprint density at radius 2 is 2.05 bits per heavy atom. The number of urea groups is 1. The summed E-state index contributed by atoms with van der Waals surface area (Å²) in [5.74, 6) is -0.959. The maximum atomic E-state index is 14.1. The normalized spacial score (nSPS) is 19.9. The monoisotopic (exact) mass is 287 g/mol. The molecule has 1 saturated heterocycles. The van der Waals surface area contributed by atoms with Gasteiger partial charge in [0.25, 0.3) is 5.91 Å². The molecule has 1 aliphatic carbocycles. The van der Waals surface area contributed by atoms with Crippen molar-refractivity contribution in [1.82, 2.24) is 10.2 Å². The summed E-state index contributed by atoms with van der Waals surface area (Å²) in [6, 6.07) is 5.66. The molecule has 2 fully saturated rings. The van der Waals surface area contributed by atoms with Crippen LogP contribution in [0.2, 0.25) is 0 Å². The second kappa shape index (κ2) is 4.85. The van der Waals surface area contributed by atoms with Crippen molar-refractivity contribution in [1.29, 1.82) is 5.26 Å². The van der Waals surface area contributed by atoms with Crippen molar-refractivity contribution in [3.8, 4) is 6.07 Å². The van der Waals surface area contributed by atoms with Crippen molar-refractivity contribution >= 4 is 11.9 Å². The van der Waals surface area contributed by atoms with Crippen molar-refractivity contribution in [3.05, 3.63) is 35.1 Å². The Balaban J connectivity index is 1.87. The minimum Gasteiger partial charge on any atom is -0.323 e. The van der Waals surface area contributed by atoms with Crippen LogP contribution in [0.5, 0.6) is 0 Å². The zero-order valence-corrected chi connectivity index (χ0v) is 11.4. The molecule has 1 heterocycles. The van der Waals surface area contributed by atoms with E-state index in [0.29, 0.717) is 12.8 Å². The predicted octanol–water partition coefficient (Wildman–Crippen LogP) is 2.06. The molecule has 1 aliphatic heterocycles. The standard InChI is InChI=1S/C15H14FN3O2/c16-12-10(8-17)4-3-5-11(12)9-19-13(20)15(18-14(19)21)6-1-2-7-15/h3-5H,1-2,6-7,9H2,(H,18,21). The van der Waals surface area contributed by atoms with Gasteiger partial charge in [-0.25, -0.2) is 9.18 Å². The van der Waals surface area contributed by atoms with E-state index in [1.807, 2.05) is 0 Å². The number of benzene rings is 1. The van der Waals surface area contributed by atoms with E-state index in [1.165, 1.54) is 12.1 Å². The Labute approximate surface area is 121 Å². The van der Waals surface area contributed by atoms with Crippen LogP contribution in [0.1, 0.15) is 36.8 Å². The molecule has 2 aliphatic rings. The summed E-state index contributed by atoms with van der Waals surface area (Å²) < 4.78 is 14.1. The van der Waals surface area contributed by atoms with Crippen LogP contribution in [0.25, 0.3) is 0 Å². The van der Waals surface area contributed by atoms with Gasteiger partial charge in [0, 0.05) is 5.56 Å². The van der Waals surface area contributed by atoms with Gasteiger partial charge in [0.1, 0.15) is 17.4 Å². The highest BCUT2D eigenvalue weighted by atomic mass is 19.1. The SMILES string of the molecule is N#Cc1cccc(CN2C(=O)NC3(CCCC3)C2=O)c1F. The molecule has 6 heteroatoms. The molecule has 0 radical (unpaired) electrons. The maximum Gasteiger partial charge on any atom is 0.325 e. The third-order valence-corrected chi connectivity index (χ3v) is 4.23. The minimum absolute atomic E-state index is 0.0878. The largest absolute Gasteiger partial charge is 0.325 e. The van der Waals surface area contributed by atoms with Gasteiger partial charge in [0.05, 0.1) is 12.1 Å². The molecule has 1 aromatic carbocycles. The number of imide groups is 1. The molecule has 1 spiro atoms. The number of rotatable bonds is 2. The van der Waals surface area contributed by atoms with Gasteiger partial charge in [-0.1, -0.05) is 25.0 Å². The lowest BCUT2D eigenvalue weighted by Crippen LogP contribution is -2.44. The first-order valence-corrected chi connectivity index (χ1v) is 6.89. The number of hydrogen-bond acceptors (Lipinski definition) is 3. The number of nitrogens with zero attached hydrogens (tertiary/aromatic N) is 2. The molecule has 3 amide bonds. The first-order valence-electron chi connectivity index (χ1n) is 6.89. The number of hydrogen-bond donors (Lipinski definition) is 1. The number of amides is 3. The molecule has 0 atom stereocenters. The average molecular weight is 287 g/mol. The fourth-order valence-corrected chi connectivity index (χ4v) is 3.10. The zero-order chi connectivity index (χ0) is 15.0. The van der Waals surface area contributed by atoms with Crippen LogP contribution in [0.4, 0.5) is 9.18 Å². The van der Waals surface area contributed by atoms with E-state index in [2.05, 4.69) is 5.32 Å². The van der Waals surface area contributed by atoms with Crippen molar-refractivity contribution in [2.75, 3.05) is 0 Å². The lowest BCUT2D eigenvalue weighted by atomic mass is 9.98. The number of carbonyl (C=O) groups is 2. The predicted molar refractivity (Wildman–Crippen MR) is 71.4 cm³/mol. The van der Waals surface area contributed by atoms with Gasteiger partial charge < -0.3 is 5.32 Å². The molecule has 1 N–H and O–H groups in total. The molecule has 21 heavy (non-hydrogen) atoms. The highest BCUT2D eigenvalue weighted by molar-refractivity contribution is 6.07. The van der Waals surface area contributed by atoms with Crippen molar-refractivity contribution in [3.63, 3.8) is 0 Å². The molecule has 108 valence electrons. The van der Waals surface area contributed by atoms with E-state index in [4.69, 9.17) is 5.26 Å². The van der Waals surface area contributed by atoms with E-state index >= 15 is 0 Å². The summed E-state index contributed by atoms with van der Waals surface area (Å²) in [7, 11) is 0. The van der Waals surface area contributed by atoms with E-state index in [-0.39, 0.29) is 23.6 Å². The minimum atomic E-state index is -0.791. The van der Waals surface area contributed by atoms with Gasteiger partial charge in [0.15, 0.2) is 0 Å². The summed E-state index contributed by atoms with van der Waals surface area (Å²) in [5.41, 5.74) is -0.705. The van der Waals surface area contributed by atoms with Crippen molar-refractivity contribution < 1.29 is 14.0 Å². The van der Waals surface area contributed by atoms with Crippen LogP contribution in [0.3, 0.4) is 0 Å². The highest BCUT2D eigenvalue weighted by Gasteiger charge is 2.52. The molecular formula is C15H14FN3O2. The van der Waals surface area contributed by atoms with Gasteiger partial charge in [-0.2, -0.15) is 5.26 Å². The first-order chi connectivity index (χ1) is 10.1. The number of halogens is 1. The van der Waals surface area contributed by atoms with Crippen LogP contribution in [-0.4, -0.2) is 22.4 Å². The molecule has 5 nitrogen and oxygen atoms in total. The van der Waals surface area contributed by atoms with Gasteiger partial charge >= 0.3 is 6.03 Å². The summed E-state index contributed by atoms with van der Waals surface area (Å²) in [6.07, 6.45) is 3.07. The van der Waals surface area contributed by atoms with Crippen LogP contribution in [-0.2, 0) is 11.3 Å². The summed E-state index contributed by atoms with van der Waals surface area (Å²) >= 11 is 0. The van der Waals surface area contributed by atoms with Crippen LogP contribution < -0.4 is 5.32 Å². The third kappa shape index (κ3) is 2.05. The van der Waals surface area contributed by atoms with E-state index in [0.717, 1.165) is 17.7 Å². The quantitative estimate of drug-likeness (QED) is 0.846. The summed E-state index contributed by atoms with van der Waals surface area (Å²) in [4.78, 5) is 25.5. The summed E-state index contributed by atoms with van der Waals surface area (Å²) in [6.45, 7) is -0.145. The molecular weight excluding hydrogens is 273 g/mol. The van der Waals surface area contributed by atoms with Crippen molar-refractivity contribution in [2.45, 2.75) is 37.8 Å². The topological polar surface area (TPSA) is 73.2 Å². The molecule has 0 unspecified atom stereocenters. The highest BCUT2D eigenvalue weighted by Crippen LogP contribution is 2.35. The number of nitriles is 1. The third-order valence-electron chi connectivity index (χ3n) is 4.23. The van der Waals surface area contributed by atoms with Gasteiger partial charge in [0.2, 0.25) is 0 Å². The van der Waals surface area contributed by atoms with E-state index < -0.39 is 17.4 Å². The maximum absolute atomic E-state index is 14.1. The second-order valence-corrected chi connectivity index (χ2v) is 5.50. The molecule has 3 rings (SSSR count). The molecule has 0 aromatic heterocycles.